The topological polar surface area (TPSA) is 38.5 Å². The lowest BCUT2D eigenvalue weighted by atomic mass is 10.0. The number of nitrogens with zero attached hydrogens (tertiary/aromatic N) is 1. The van der Waals surface area contributed by atoms with Crippen molar-refractivity contribution in [2.45, 2.75) is 65.0 Å². The molecule has 108 valence electrons. The van der Waals surface area contributed by atoms with Crippen molar-refractivity contribution in [1.29, 1.82) is 0 Å². The molecule has 18 heavy (non-hydrogen) atoms. The summed E-state index contributed by atoms with van der Waals surface area (Å²) in [7, 11) is 0. The number of likely N-dealkylation sites (N-methyl/N-ethyl adjacent to an activating group) is 1. The van der Waals surface area contributed by atoms with E-state index in [0.29, 0.717) is 12.1 Å². The smallest absolute Gasteiger partial charge is 0.0702 e. The monoisotopic (exact) mass is 256 g/mol. The van der Waals surface area contributed by atoms with Crippen LogP contribution in [-0.4, -0.2) is 43.3 Å². The second kappa shape index (κ2) is 8.89. The fraction of sp³-hybridized carbons (Fsp3) is 1.00. The number of hydrogen-bond acceptors (Lipinski definition) is 3. The maximum Gasteiger partial charge on any atom is 0.0702 e. The van der Waals surface area contributed by atoms with Gasteiger partial charge in [-0.05, 0) is 45.1 Å². The summed E-state index contributed by atoms with van der Waals surface area (Å²) in [6.07, 6.45) is 6.69. The van der Waals surface area contributed by atoms with Crippen molar-refractivity contribution in [3.63, 3.8) is 0 Å². The molecule has 1 aliphatic heterocycles. The fourth-order valence-electron chi connectivity index (χ4n) is 2.73. The lowest BCUT2D eigenvalue weighted by molar-refractivity contribution is 0.0697. The summed E-state index contributed by atoms with van der Waals surface area (Å²) < 4.78 is 5.72. The van der Waals surface area contributed by atoms with Crippen LogP contribution in [0.25, 0.3) is 0 Å². The largest absolute Gasteiger partial charge is 0.377 e. The molecule has 3 unspecified atom stereocenters. The first-order chi connectivity index (χ1) is 8.61. The third-order valence-corrected chi connectivity index (χ3v) is 3.86. The van der Waals surface area contributed by atoms with Crippen molar-refractivity contribution < 1.29 is 4.74 Å². The number of hydrogen-bond donors (Lipinski definition) is 1. The third-order valence-electron chi connectivity index (χ3n) is 3.86. The quantitative estimate of drug-likeness (QED) is 0.689. The van der Waals surface area contributed by atoms with Crippen molar-refractivity contribution in [3.05, 3.63) is 0 Å². The minimum Gasteiger partial charge on any atom is -0.377 e. The van der Waals surface area contributed by atoms with E-state index >= 15 is 0 Å². The summed E-state index contributed by atoms with van der Waals surface area (Å²) in [6, 6.07) is 0.353. The van der Waals surface area contributed by atoms with Crippen LogP contribution in [0.3, 0.4) is 0 Å². The van der Waals surface area contributed by atoms with Gasteiger partial charge in [0.15, 0.2) is 0 Å². The standard InChI is InChI=1S/C15H32N2O/c1-4-17(12-15-9-6-10-18-15)11-13(2)7-5-8-14(3)16/h13-15H,4-12,16H2,1-3H3. The highest BCUT2D eigenvalue weighted by Gasteiger charge is 2.19. The molecule has 0 aliphatic carbocycles. The summed E-state index contributed by atoms with van der Waals surface area (Å²) in [5, 5.41) is 0. The van der Waals surface area contributed by atoms with Crippen LogP contribution < -0.4 is 5.73 Å². The van der Waals surface area contributed by atoms with Gasteiger partial charge in [-0.15, -0.1) is 0 Å². The van der Waals surface area contributed by atoms with Gasteiger partial charge < -0.3 is 15.4 Å². The zero-order chi connectivity index (χ0) is 13.4. The van der Waals surface area contributed by atoms with Crippen molar-refractivity contribution in [3.8, 4) is 0 Å². The van der Waals surface area contributed by atoms with E-state index in [9.17, 15) is 0 Å². The van der Waals surface area contributed by atoms with E-state index in [2.05, 4.69) is 25.7 Å². The molecule has 3 atom stereocenters. The van der Waals surface area contributed by atoms with E-state index < -0.39 is 0 Å². The predicted molar refractivity (Wildman–Crippen MR) is 77.8 cm³/mol. The van der Waals surface area contributed by atoms with Gasteiger partial charge >= 0.3 is 0 Å². The molecule has 0 saturated carbocycles. The van der Waals surface area contributed by atoms with E-state index in [1.807, 2.05) is 0 Å². The highest BCUT2D eigenvalue weighted by Crippen LogP contribution is 2.16. The molecule has 0 amide bonds. The average molecular weight is 256 g/mol. The molecule has 0 spiro atoms. The van der Waals surface area contributed by atoms with Gasteiger partial charge in [-0.2, -0.15) is 0 Å². The Kier molecular flexibility index (Phi) is 7.87. The van der Waals surface area contributed by atoms with Gasteiger partial charge in [0.1, 0.15) is 0 Å². The summed E-state index contributed by atoms with van der Waals surface area (Å²) in [4.78, 5) is 2.55. The molecule has 3 heteroatoms. The molecule has 0 bridgehead atoms. The van der Waals surface area contributed by atoms with E-state index in [-0.39, 0.29) is 0 Å². The van der Waals surface area contributed by atoms with E-state index in [0.717, 1.165) is 32.0 Å². The molecular weight excluding hydrogens is 224 g/mol. The highest BCUT2D eigenvalue weighted by atomic mass is 16.5. The van der Waals surface area contributed by atoms with Crippen LogP contribution in [0.2, 0.25) is 0 Å². The van der Waals surface area contributed by atoms with Crippen LogP contribution in [0.1, 0.15) is 52.9 Å². The van der Waals surface area contributed by atoms with Gasteiger partial charge in [0.2, 0.25) is 0 Å². The minimum atomic E-state index is 0.353. The van der Waals surface area contributed by atoms with Gasteiger partial charge in [0.05, 0.1) is 6.10 Å². The summed E-state index contributed by atoms with van der Waals surface area (Å²) >= 11 is 0. The normalized spacial score (nSPS) is 23.5. The van der Waals surface area contributed by atoms with Gasteiger partial charge in [0, 0.05) is 25.7 Å². The lowest BCUT2D eigenvalue weighted by Gasteiger charge is -2.26. The molecular formula is C15H32N2O. The molecule has 0 aromatic rings. The van der Waals surface area contributed by atoms with Gasteiger partial charge in [-0.25, -0.2) is 0 Å². The Morgan fingerprint density at radius 2 is 2.11 bits per heavy atom. The predicted octanol–water partition coefficient (Wildman–Crippen LogP) is 2.64. The number of ether oxygens (including phenoxy) is 1. The van der Waals surface area contributed by atoms with Gasteiger partial charge in [-0.3, -0.25) is 0 Å². The summed E-state index contributed by atoms with van der Waals surface area (Å²) in [5.74, 6) is 0.769. The summed E-state index contributed by atoms with van der Waals surface area (Å²) in [5.41, 5.74) is 5.79. The zero-order valence-electron chi connectivity index (χ0n) is 12.5. The molecule has 0 aromatic heterocycles. The molecule has 0 aromatic carbocycles. The second-order valence-electron chi connectivity index (χ2n) is 6.00. The van der Waals surface area contributed by atoms with E-state index in [4.69, 9.17) is 10.5 Å². The lowest BCUT2D eigenvalue weighted by Crippen LogP contribution is -2.35. The van der Waals surface area contributed by atoms with Crippen molar-refractivity contribution in [2.75, 3.05) is 26.2 Å². The average Bonchev–Trinajstić information content (AvgIpc) is 2.80. The van der Waals surface area contributed by atoms with Gasteiger partial charge in [-0.1, -0.05) is 20.3 Å². The summed E-state index contributed by atoms with van der Waals surface area (Å²) in [6.45, 7) is 11.1. The van der Waals surface area contributed by atoms with Crippen LogP contribution >= 0.6 is 0 Å². The first kappa shape index (κ1) is 15.9. The van der Waals surface area contributed by atoms with Crippen molar-refractivity contribution in [2.24, 2.45) is 11.7 Å². The molecule has 1 heterocycles. The molecule has 1 saturated heterocycles. The number of nitrogens with two attached hydrogens (primary N) is 1. The van der Waals surface area contributed by atoms with E-state index in [1.165, 1.54) is 32.2 Å². The Hall–Kier alpha value is -0.120. The zero-order valence-corrected chi connectivity index (χ0v) is 12.5. The maximum atomic E-state index is 5.79. The van der Waals surface area contributed by atoms with Crippen LogP contribution in [0.4, 0.5) is 0 Å². The Balaban J connectivity index is 2.15. The first-order valence-corrected chi connectivity index (χ1v) is 7.71. The van der Waals surface area contributed by atoms with Crippen LogP contribution in [-0.2, 0) is 4.74 Å². The van der Waals surface area contributed by atoms with Gasteiger partial charge in [0.25, 0.3) is 0 Å². The molecule has 1 rings (SSSR count). The molecule has 0 radical (unpaired) electrons. The SMILES string of the molecule is CCN(CC(C)CCCC(C)N)CC1CCCO1. The van der Waals surface area contributed by atoms with Crippen molar-refractivity contribution >= 4 is 0 Å². The fourth-order valence-corrected chi connectivity index (χ4v) is 2.73. The molecule has 2 N–H and O–H groups in total. The van der Waals surface area contributed by atoms with Crippen LogP contribution in [0.15, 0.2) is 0 Å². The Morgan fingerprint density at radius 3 is 2.67 bits per heavy atom. The van der Waals surface area contributed by atoms with Crippen LogP contribution in [0.5, 0.6) is 0 Å². The highest BCUT2D eigenvalue weighted by molar-refractivity contribution is 4.71. The Labute approximate surface area is 113 Å². The number of rotatable bonds is 9. The maximum absolute atomic E-state index is 5.79. The van der Waals surface area contributed by atoms with Crippen molar-refractivity contribution in [1.82, 2.24) is 4.90 Å². The Bertz CT molecular complexity index is 203. The third kappa shape index (κ3) is 6.72. The van der Waals surface area contributed by atoms with Crippen LogP contribution in [0, 0.1) is 5.92 Å². The molecule has 1 aliphatic rings. The molecule has 3 nitrogen and oxygen atoms in total. The molecule has 1 fully saturated rings. The minimum absolute atomic E-state index is 0.353. The second-order valence-corrected chi connectivity index (χ2v) is 6.00. The first-order valence-electron chi connectivity index (χ1n) is 7.71. The van der Waals surface area contributed by atoms with E-state index in [1.54, 1.807) is 0 Å². The Morgan fingerprint density at radius 1 is 1.33 bits per heavy atom.